The zero-order valence-corrected chi connectivity index (χ0v) is 14.9. The van der Waals surface area contributed by atoms with Gasteiger partial charge in [-0.05, 0) is 23.3 Å². The fourth-order valence-electron chi connectivity index (χ4n) is 3.43. The monoisotopic (exact) mass is 362 g/mol. The van der Waals surface area contributed by atoms with E-state index >= 15 is 0 Å². The minimum absolute atomic E-state index is 0.638. The lowest BCUT2D eigenvalue weighted by molar-refractivity contribution is 0.125. The maximum atomic E-state index is 12.0. The Balaban J connectivity index is 1.97. The molecule has 0 amide bonds. The molecular weight excluding hydrogens is 344 g/mol. The number of amidine groups is 1. The number of hydrogen-bond donors (Lipinski definition) is 2. The molecule has 130 valence electrons. The van der Waals surface area contributed by atoms with Crippen molar-refractivity contribution in [3.8, 4) is 0 Å². The summed E-state index contributed by atoms with van der Waals surface area (Å²) in [7, 11) is 0. The van der Waals surface area contributed by atoms with Gasteiger partial charge >= 0.3 is 0 Å². The summed E-state index contributed by atoms with van der Waals surface area (Å²) >= 11 is 6.08. The van der Waals surface area contributed by atoms with E-state index in [0.717, 1.165) is 41.2 Å². The van der Waals surface area contributed by atoms with Gasteiger partial charge in [0.05, 0.1) is 6.54 Å². The topological polar surface area (TPSA) is 44.6 Å². The third-order valence-corrected chi connectivity index (χ3v) is 4.95. The van der Waals surface area contributed by atoms with E-state index in [0.29, 0.717) is 5.02 Å². The first-order chi connectivity index (χ1) is 12.7. The maximum Gasteiger partial charge on any atom is 0.141 e. The summed E-state index contributed by atoms with van der Waals surface area (Å²) < 4.78 is 0. The summed E-state index contributed by atoms with van der Waals surface area (Å²) in [6.07, 6.45) is 0. The summed E-state index contributed by atoms with van der Waals surface area (Å²) in [6, 6.07) is 24.9. The zero-order chi connectivity index (χ0) is 18.0. The number of benzene rings is 3. The van der Waals surface area contributed by atoms with Crippen LogP contribution in [0.2, 0.25) is 5.02 Å². The third kappa shape index (κ3) is 2.90. The van der Waals surface area contributed by atoms with Gasteiger partial charge in [0, 0.05) is 22.7 Å². The molecule has 0 bridgehead atoms. The van der Waals surface area contributed by atoms with Crippen LogP contribution < -0.4 is 5.32 Å². The molecule has 0 saturated heterocycles. The van der Waals surface area contributed by atoms with E-state index in [1.54, 1.807) is 12.1 Å². The van der Waals surface area contributed by atoms with Crippen LogP contribution in [-0.4, -0.2) is 24.0 Å². The smallest absolute Gasteiger partial charge is 0.141 e. The zero-order valence-electron chi connectivity index (χ0n) is 14.2. The van der Waals surface area contributed by atoms with Crippen LogP contribution in [0.15, 0.2) is 83.9 Å². The molecule has 0 aromatic heterocycles. The summed E-state index contributed by atoms with van der Waals surface area (Å²) in [5.41, 5.74) is 1.95. The van der Waals surface area contributed by atoms with E-state index in [9.17, 15) is 5.11 Å². The molecule has 4 heteroatoms. The lowest BCUT2D eigenvalue weighted by Crippen LogP contribution is -2.32. The van der Waals surface area contributed by atoms with Gasteiger partial charge < -0.3 is 10.4 Å². The van der Waals surface area contributed by atoms with Gasteiger partial charge in [0.1, 0.15) is 11.4 Å². The molecule has 0 radical (unpaired) electrons. The van der Waals surface area contributed by atoms with Crippen molar-refractivity contribution in [3.05, 3.63) is 106 Å². The second-order valence-corrected chi connectivity index (χ2v) is 6.72. The lowest BCUT2D eigenvalue weighted by atomic mass is 9.78. The Kier molecular flexibility index (Phi) is 4.49. The first-order valence-corrected chi connectivity index (χ1v) is 8.99. The highest BCUT2D eigenvalue weighted by Gasteiger charge is 2.36. The Morgan fingerprint density at radius 3 is 2.19 bits per heavy atom. The van der Waals surface area contributed by atoms with E-state index in [4.69, 9.17) is 11.6 Å². The molecule has 2 N–H and O–H groups in total. The average Bonchev–Trinajstić information content (AvgIpc) is 3.23. The molecule has 26 heavy (non-hydrogen) atoms. The van der Waals surface area contributed by atoms with Gasteiger partial charge in [-0.2, -0.15) is 0 Å². The van der Waals surface area contributed by atoms with Crippen LogP contribution in [0.1, 0.15) is 22.3 Å². The van der Waals surface area contributed by atoms with Crippen LogP contribution in [0.4, 0.5) is 0 Å². The first kappa shape index (κ1) is 16.8. The molecule has 3 aromatic rings. The number of nitrogens with zero attached hydrogens (tertiary/aromatic N) is 1. The van der Waals surface area contributed by atoms with Gasteiger partial charge in [-0.1, -0.05) is 78.3 Å². The third-order valence-electron chi connectivity index (χ3n) is 4.70. The van der Waals surface area contributed by atoms with Gasteiger partial charge in [0.25, 0.3) is 0 Å². The minimum Gasteiger partial charge on any atom is -0.376 e. The average molecular weight is 363 g/mol. The summed E-state index contributed by atoms with van der Waals surface area (Å²) in [4.78, 5) is 4.55. The predicted octanol–water partition coefficient (Wildman–Crippen LogP) is 3.97. The van der Waals surface area contributed by atoms with Gasteiger partial charge in [0.15, 0.2) is 0 Å². The molecule has 0 spiro atoms. The molecule has 0 fully saturated rings. The Morgan fingerprint density at radius 1 is 0.846 bits per heavy atom. The van der Waals surface area contributed by atoms with E-state index in [-0.39, 0.29) is 0 Å². The van der Waals surface area contributed by atoms with Crippen molar-refractivity contribution in [1.29, 1.82) is 0 Å². The number of rotatable bonds is 4. The van der Waals surface area contributed by atoms with E-state index in [2.05, 4.69) is 10.3 Å². The van der Waals surface area contributed by atoms with Crippen LogP contribution in [0.5, 0.6) is 0 Å². The Labute approximate surface area is 158 Å². The summed E-state index contributed by atoms with van der Waals surface area (Å²) in [6.45, 7) is 1.56. The van der Waals surface area contributed by atoms with Crippen LogP contribution in [0, 0.1) is 0 Å². The largest absolute Gasteiger partial charge is 0.376 e. The van der Waals surface area contributed by atoms with Crippen molar-refractivity contribution in [1.82, 2.24) is 5.32 Å². The normalized spacial score (nSPS) is 15.8. The SMILES string of the molecule is O[C@@](c1ccccc1)(c1ccc(Cl)cc1)c1ccccc1C1=NCCN1. The van der Waals surface area contributed by atoms with Gasteiger partial charge in [-0.15, -0.1) is 0 Å². The number of halogens is 1. The number of hydrogen-bond acceptors (Lipinski definition) is 3. The number of aliphatic imine (C=N–C) groups is 1. The predicted molar refractivity (Wildman–Crippen MR) is 106 cm³/mol. The highest BCUT2D eigenvalue weighted by Crippen LogP contribution is 2.38. The Bertz CT molecular complexity index is 938. The van der Waals surface area contributed by atoms with Crippen LogP contribution in [0.25, 0.3) is 0 Å². The molecule has 1 atom stereocenters. The Morgan fingerprint density at radius 2 is 1.50 bits per heavy atom. The number of aliphatic hydroxyl groups is 1. The molecule has 3 nitrogen and oxygen atoms in total. The molecule has 0 unspecified atom stereocenters. The van der Waals surface area contributed by atoms with Crippen LogP contribution in [-0.2, 0) is 5.60 Å². The minimum atomic E-state index is -1.31. The van der Waals surface area contributed by atoms with Crippen molar-refractivity contribution in [2.45, 2.75) is 5.60 Å². The Hall–Kier alpha value is -2.62. The van der Waals surface area contributed by atoms with Crippen molar-refractivity contribution in [3.63, 3.8) is 0 Å². The van der Waals surface area contributed by atoms with Gasteiger partial charge in [0.2, 0.25) is 0 Å². The standard InChI is InChI=1S/C22H19ClN2O/c23-18-12-10-17(11-13-18)22(26,16-6-2-1-3-7-16)20-9-5-4-8-19(20)21-24-14-15-25-21/h1-13,26H,14-15H2,(H,24,25)/t22-/m0/s1. The highest BCUT2D eigenvalue weighted by atomic mass is 35.5. The van der Waals surface area contributed by atoms with E-state index in [1.165, 1.54) is 0 Å². The van der Waals surface area contributed by atoms with Crippen molar-refractivity contribution in [2.24, 2.45) is 4.99 Å². The molecule has 4 rings (SSSR count). The van der Waals surface area contributed by atoms with Gasteiger partial charge in [-0.25, -0.2) is 0 Å². The molecule has 3 aromatic carbocycles. The molecular formula is C22H19ClN2O. The van der Waals surface area contributed by atoms with Crippen LogP contribution >= 0.6 is 11.6 Å². The highest BCUT2D eigenvalue weighted by molar-refractivity contribution is 6.30. The summed E-state index contributed by atoms with van der Waals surface area (Å²) in [5, 5.41) is 16.0. The van der Waals surface area contributed by atoms with Crippen molar-refractivity contribution < 1.29 is 5.11 Å². The number of nitrogens with one attached hydrogen (secondary N) is 1. The fourth-order valence-corrected chi connectivity index (χ4v) is 3.56. The molecule has 1 aliphatic rings. The maximum absolute atomic E-state index is 12.0. The molecule has 1 aliphatic heterocycles. The lowest BCUT2D eigenvalue weighted by Gasteiger charge is -2.32. The molecule has 0 saturated carbocycles. The van der Waals surface area contributed by atoms with Crippen molar-refractivity contribution >= 4 is 17.4 Å². The second kappa shape index (κ2) is 6.94. The quantitative estimate of drug-likeness (QED) is 0.690. The van der Waals surface area contributed by atoms with Crippen LogP contribution in [0.3, 0.4) is 0 Å². The van der Waals surface area contributed by atoms with E-state index in [1.807, 2.05) is 66.7 Å². The fraction of sp³-hybridized carbons (Fsp3) is 0.136. The summed E-state index contributed by atoms with van der Waals surface area (Å²) in [5.74, 6) is 0.823. The molecule has 0 aliphatic carbocycles. The molecule has 1 heterocycles. The second-order valence-electron chi connectivity index (χ2n) is 6.29. The first-order valence-electron chi connectivity index (χ1n) is 8.62. The van der Waals surface area contributed by atoms with Crippen molar-refractivity contribution in [2.75, 3.05) is 13.1 Å². The van der Waals surface area contributed by atoms with Gasteiger partial charge in [-0.3, -0.25) is 4.99 Å². The van der Waals surface area contributed by atoms with E-state index < -0.39 is 5.60 Å².